The third-order valence-electron chi connectivity index (χ3n) is 6.31. The van der Waals surface area contributed by atoms with Crippen molar-refractivity contribution in [2.75, 3.05) is 43.2 Å². The molecule has 10 nitrogen and oxygen atoms in total. The largest absolute Gasteiger partial charge is 0.378 e. The van der Waals surface area contributed by atoms with Crippen LogP contribution < -0.4 is 14.5 Å². The van der Waals surface area contributed by atoms with Gasteiger partial charge in [0.2, 0.25) is 10.0 Å². The Bertz CT molecular complexity index is 1450. The Morgan fingerprint density at radius 1 is 1.22 bits per heavy atom. The van der Waals surface area contributed by atoms with E-state index in [9.17, 15) is 18.5 Å². The normalized spacial score (nSPS) is 14.8. The number of anilines is 2. The molecule has 1 amide bonds. The highest BCUT2D eigenvalue weighted by Gasteiger charge is 2.28. The van der Waals surface area contributed by atoms with Gasteiger partial charge < -0.3 is 9.80 Å². The Hall–Kier alpha value is -3.65. The number of nitrogens with one attached hydrogen (secondary N) is 1. The molecule has 0 atom stereocenters. The van der Waals surface area contributed by atoms with Crippen LogP contribution in [0.1, 0.15) is 48.8 Å². The number of nitriles is 1. The topological polar surface area (TPSA) is 124 Å². The summed E-state index contributed by atoms with van der Waals surface area (Å²) < 4.78 is 27.3. The van der Waals surface area contributed by atoms with Crippen LogP contribution >= 0.6 is 0 Å². The van der Waals surface area contributed by atoms with Gasteiger partial charge in [-0.3, -0.25) is 4.79 Å². The zero-order valence-corrected chi connectivity index (χ0v) is 22.0. The number of carbonyl (C=O) groups excluding carboxylic acids is 1. The Morgan fingerprint density at radius 2 is 1.92 bits per heavy atom. The molecule has 190 valence electrons. The number of piperidine rings is 1. The van der Waals surface area contributed by atoms with Crippen molar-refractivity contribution in [1.29, 1.82) is 5.26 Å². The Kier molecular flexibility index (Phi) is 6.91. The molecular formula is C25H31N7O3S. The third kappa shape index (κ3) is 5.14. The summed E-state index contributed by atoms with van der Waals surface area (Å²) in [6, 6.07) is 11.8. The highest BCUT2D eigenvalue weighted by molar-refractivity contribution is 7.89. The van der Waals surface area contributed by atoms with Gasteiger partial charge in [-0.15, -0.1) is 0 Å². The molecule has 11 heteroatoms. The highest BCUT2D eigenvalue weighted by Crippen LogP contribution is 2.36. The molecule has 4 rings (SSSR count). The number of benzene rings is 1. The van der Waals surface area contributed by atoms with Crippen molar-refractivity contribution in [1.82, 2.24) is 19.5 Å². The van der Waals surface area contributed by atoms with Gasteiger partial charge >= 0.3 is 0 Å². The number of pyridine rings is 1. The molecule has 0 radical (unpaired) electrons. The van der Waals surface area contributed by atoms with E-state index < -0.39 is 15.9 Å². The second kappa shape index (κ2) is 9.78. The van der Waals surface area contributed by atoms with Gasteiger partial charge in [0.15, 0.2) is 5.65 Å². The second-order valence-corrected chi connectivity index (χ2v) is 11.4. The monoisotopic (exact) mass is 509 g/mol. The van der Waals surface area contributed by atoms with E-state index in [0.29, 0.717) is 31.6 Å². The van der Waals surface area contributed by atoms with Crippen LogP contribution in [0, 0.1) is 17.2 Å². The van der Waals surface area contributed by atoms with E-state index in [-0.39, 0.29) is 17.5 Å². The summed E-state index contributed by atoms with van der Waals surface area (Å²) >= 11 is 0. The van der Waals surface area contributed by atoms with E-state index in [1.807, 2.05) is 48.0 Å². The summed E-state index contributed by atoms with van der Waals surface area (Å²) in [6.07, 6.45) is 2.35. The number of aromatic nitrogens is 3. The van der Waals surface area contributed by atoms with E-state index >= 15 is 0 Å². The van der Waals surface area contributed by atoms with Crippen molar-refractivity contribution in [2.45, 2.75) is 32.6 Å². The number of hydrogen-bond donors (Lipinski definition) is 1. The van der Waals surface area contributed by atoms with E-state index in [4.69, 9.17) is 5.10 Å². The number of rotatable bonds is 6. The SMILES string of the molecule is CC(C)c1nn(-c2cccc(N(C)C)c2)c2nc(C(=O)NS(C)(=O)=O)cc(N3CCC(C#N)CC3)c12. The van der Waals surface area contributed by atoms with Crippen LogP contribution in [0.5, 0.6) is 0 Å². The molecule has 1 saturated heterocycles. The minimum Gasteiger partial charge on any atom is -0.378 e. The molecule has 3 aromatic rings. The van der Waals surface area contributed by atoms with Crippen LogP contribution in [0.15, 0.2) is 30.3 Å². The van der Waals surface area contributed by atoms with Gasteiger partial charge in [0.25, 0.3) is 5.91 Å². The van der Waals surface area contributed by atoms with E-state index in [2.05, 4.69) is 29.8 Å². The summed E-state index contributed by atoms with van der Waals surface area (Å²) in [4.78, 5) is 21.7. The van der Waals surface area contributed by atoms with Crippen LogP contribution in [0.25, 0.3) is 16.7 Å². The molecule has 0 aliphatic carbocycles. The smallest absolute Gasteiger partial charge is 0.283 e. The average Bonchev–Trinajstić information content (AvgIpc) is 3.22. The standard InChI is InChI=1S/C25H31N7O3S/c1-16(2)23-22-21(31-11-9-17(15-26)10-12-31)14-20(25(33)29-36(5,34)35)27-24(22)32(28-23)19-8-6-7-18(13-19)30(3)4/h6-8,13-14,16-17H,9-12H2,1-5H3,(H,29,33). The highest BCUT2D eigenvalue weighted by atomic mass is 32.2. The number of hydrogen-bond acceptors (Lipinski definition) is 8. The van der Waals surface area contributed by atoms with Crippen LogP contribution in [0.4, 0.5) is 11.4 Å². The van der Waals surface area contributed by atoms with Crippen molar-refractivity contribution in [2.24, 2.45) is 5.92 Å². The van der Waals surface area contributed by atoms with Gasteiger partial charge in [-0.05, 0) is 43.0 Å². The molecule has 0 spiro atoms. The lowest BCUT2D eigenvalue weighted by atomic mass is 9.97. The lowest BCUT2D eigenvalue weighted by molar-refractivity contribution is 0.0977. The molecule has 36 heavy (non-hydrogen) atoms. The Balaban J connectivity index is 1.98. The number of amides is 1. The molecule has 2 aromatic heterocycles. The van der Waals surface area contributed by atoms with Crippen LogP contribution in [-0.2, 0) is 10.0 Å². The predicted octanol–water partition coefficient (Wildman–Crippen LogP) is 3.04. The van der Waals surface area contributed by atoms with Crippen molar-refractivity contribution < 1.29 is 13.2 Å². The van der Waals surface area contributed by atoms with Crippen LogP contribution in [-0.4, -0.2) is 62.5 Å². The van der Waals surface area contributed by atoms with E-state index in [1.165, 1.54) is 0 Å². The van der Waals surface area contributed by atoms with Crippen molar-refractivity contribution in [3.05, 3.63) is 41.7 Å². The maximum absolute atomic E-state index is 12.9. The fourth-order valence-electron chi connectivity index (χ4n) is 4.45. The maximum atomic E-state index is 12.9. The number of carbonyl (C=O) groups is 1. The molecule has 0 unspecified atom stereocenters. The molecule has 0 saturated carbocycles. The zero-order chi connectivity index (χ0) is 26.2. The van der Waals surface area contributed by atoms with Gasteiger partial charge in [0.1, 0.15) is 5.69 Å². The molecular weight excluding hydrogens is 478 g/mol. The predicted molar refractivity (Wildman–Crippen MR) is 140 cm³/mol. The van der Waals surface area contributed by atoms with Crippen LogP contribution in [0.3, 0.4) is 0 Å². The first-order valence-corrected chi connectivity index (χ1v) is 13.8. The average molecular weight is 510 g/mol. The fourth-order valence-corrected chi connectivity index (χ4v) is 4.89. The second-order valence-electron chi connectivity index (χ2n) is 9.69. The quantitative estimate of drug-likeness (QED) is 0.538. The lowest BCUT2D eigenvalue weighted by Crippen LogP contribution is -2.34. The first-order valence-electron chi connectivity index (χ1n) is 11.9. The van der Waals surface area contributed by atoms with Crippen molar-refractivity contribution >= 4 is 38.3 Å². The third-order valence-corrected chi connectivity index (χ3v) is 6.87. The van der Waals surface area contributed by atoms with Gasteiger partial charge in [-0.25, -0.2) is 22.8 Å². The van der Waals surface area contributed by atoms with E-state index in [1.54, 1.807) is 10.7 Å². The summed E-state index contributed by atoms with van der Waals surface area (Å²) in [7, 11) is 0.130. The number of sulfonamides is 1. The van der Waals surface area contributed by atoms with Crippen molar-refractivity contribution in [3.8, 4) is 11.8 Å². The summed E-state index contributed by atoms with van der Waals surface area (Å²) in [6.45, 7) is 5.39. The van der Waals surface area contributed by atoms with Gasteiger partial charge in [-0.2, -0.15) is 10.4 Å². The zero-order valence-electron chi connectivity index (χ0n) is 21.2. The maximum Gasteiger partial charge on any atom is 0.283 e. The lowest BCUT2D eigenvalue weighted by Gasteiger charge is -2.32. The minimum absolute atomic E-state index is 0.00681. The summed E-state index contributed by atoms with van der Waals surface area (Å²) in [5, 5.41) is 15.1. The Morgan fingerprint density at radius 3 is 2.50 bits per heavy atom. The molecule has 1 N–H and O–H groups in total. The first kappa shape index (κ1) is 25.4. The first-order chi connectivity index (χ1) is 17.0. The van der Waals surface area contributed by atoms with E-state index in [0.717, 1.165) is 34.4 Å². The molecule has 1 aromatic carbocycles. The van der Waals surface area contributed by atoms with Gasteiger partial charge in [-0.1, -0.05) is 19.9 Å². The number of fused-ring (bicyclic) bond motifs is 1. The number of nitrogens with zero attached hydrogens (tertiary/aromatic N) is 6. The summed E-state index contributed by atoms with van der Waals surface area (Å²) in [5.74, 6) is -0.736. The molecule has 1 aliphatic heterocycles. The summed E-state index contributed by atoms with van der Waals surface area (Å²) in [5.41, 5.74) is 3.83. The fraction of sp³-hybridized carbons (Fsp3) is 0.440. The van der Waals surface area contributed by atoms with Crippen molar-refractivity contribution in [3.63, 3.8) is 0 Å². The van der Waals surface area contributed by atoms with Gasteiger partial charge in [0, 0.05) is 38.8 Å². The van der Waals surface area contributed by atoms with Crippen LogP contribution in [0.2, 0.25) is 0 Å². The van der Waals surface area contributed by atoms with Gasteiger partial charge in [0.05, 0.1) is 34.8 Å². The minimum atomic E-state index is -3.78. The molecule has 1 aliphatic rings. The molecule has 1 fully saturated rings. The molecule has 3 heterocycles. The molecule has 0 bridgehead atoms. The Labute approximate surface area is 211 Å².